The zero-order valence-electron chi connectivity index (χ0n) is 21.3. The first-order valence-corrected chi connectivity index (χ1v) is 12.1. The molecule has 0 atom stereocenters. The van der Waals surface area contributed by atoms with Crippen LogP contribution in [0.1, 0.15) is 5.56 Å². The molecule has 0 amide bonds. The molecule has 0 aliphatic carbocycles. The summed E-state index contributed by atoms with van der Waals surface area (Å²) in [5.41, 5.74) is 8.27. The molecule has 0 aliphatic heterocycles. The molecule has 0 unspecified atom stereocenters. The summed E-state index contributed by atoms with van der Waals surface area (Å²) in [6.45, 7) is 1.59. The van der Waals surface area contributed by atoms with Crippen LogP contribution in [-0.2, 0) is 0 Å². The Morgan fingerprint density at radius 1 is 1.08 bits per heavy atom. The van der Waals surface area contributed by atoms with Gasteiger partial charge in [0.1, 0.15) is 29.5 Å². The standard InChI is InChI=1S/C27H28ClFN8O/c1-36(2)11-12-37(3)27(30)35-33-16-18-7-9-24-22(13-18)26(32-17-31-24)34-20-8-10-25(23(28)15-20)38-21-6-4-5-19(29)14-21/h4-10,13-17H,11-12H2,1-3H3,(H2,30,35)(H,31,32,34). The van der Waals surface area contributed by atoms with Gasteiger partial charge in [-0.25, -0.2) is 14.4 Å². The van der Waals surface area contributed by atoms with E-state index in [1.807, 2.05) is 44.2 Å². The van der Waals surface area contributed by atoms with Gasteiger partial charge >= 0.3 is 0 Å². The molecular weight excluding hydrogens is 507 g/mol. The number of anilines is 2. The summed E-state index contributed by atoms with van der Waals surface area (Å²) in [6.07, 6.45) is 3.11. The summed E-state index contributed by atoms with van der Waals surface area (Å²) in [7, 11) is 5.87. The smallest absolute Gasteiger partial charge is 0.216 e. The molecule has 0 saturated carbocycles. The van der Waals surface area contributed by atoms with Crippen LogP contribution in [-0.4, -0.2) is 66.2 Å². The highest BCUT2D eigenvalue weighted by Gasteiger charge is 2.09. The first-order valence-electron chi connectivity index (χ1n) is 11.8. The molecule has 0 fully saturated rings. The highest BCUT2D eigenvalue weighted by molar-refractivity contribution is 6.32. The van der Waals surface area contributed by atoms with E-state index in [1.165, 1.54) is 18.5 Å². The highest BCUT2D eigenvalue weighted by Crippen LogP contribution is 2.33. The van der Waals surface area contributed by atoms with Gasteiger partial charge in [0.25, 0.3) is 0 Å². The number of likely N-dealkylation sites (N-methyl/N-ethyl adjacent to an activating group) is 2. The molecular formula is C27H28ClFN8O. The molecule has 0 radical (unpaired) electrons. The van der Waals surface area contributed by atoms with Gasteiger partial charge in [0, 0.05) is 37.3 Å². The van der Waals surface area contributed by atoms with Crippen LogP contribution in [0.2, 0.25) is 5.02 Å². The molecule has 4 rings (SSSR count). The minimum Gasteiger partial charge on any atom is -0.456 e. The fourth-order valence-corrected chi connectivity index (χ4v) is 3.62. The zero-order chi connectivity index (χ0) is 27.1. The van der Waals surface area contributed by atoms with Crippen molar-refractivity contribution in [3.8, 4) is 11.5 Å². The fraction of sp³-hybridized carbons (Fsp3) is 0.185. The number of hydrogen-bond donors (Lipinski definition) is 2. The van der Waals surface area contributed by atoms with E-state index in [1.54, 1.807) is 36.5 Å². The molecule has 4 aromatic rings. The van der Waals surface area contributed by atoms with E-state index in [0.29, 0.717) is 34.0 Å². The molecule has 3 aromatic carbocycles. The van der Waals surface area contributed by atoms with E-state index in [0.717, 1.165) is 29.6 Å². The van der Waals surface area contributed by atoms with E-state index in [2.05, 4.69) is 30.4 Å². The second-order valence-corrected chi connectivity index (χ2v) is 9.16. The predicted molar refractivity (Wildman–Crippen MR) is 151 cm³/mol. The van der Waals surface area contributed by atoms with Crippen LogP contribution in [0.3, 0.4) is 0 Å². The largest absolute Gasteiger partial charge is 0.456 e. The van der Waals surface area contributed by atoms with Gasteiger partial charge in [-0.1, -0.05) is 23.7 Å². The lowest BCUT2D eigenvalue weighted by Gasteiger charge is -2.19. The van der Waals surface area contributed by atoms with Crippen LogP contribution in [0, 0.1) is 5.82 Å². The van der Waals surface area contributed by atoms with E-state index in [-0.39, 0.29) is 5.82 Å². The number of nitrogens with two attached hydrogens (primary N) is 1. The van der Waals surface area contributed by atoms with Gasteiger partial charge in [-0.3, -0.25) is 0 Å². The first-order chi connectivity index (χ1) is 18.3. The maximum Gasteiger partial charge on any atom is 0.216 e. The molecule has 38 heavy (non-hydrogen) atoms. The molecule has 0 aliphatic rings. The van der Waals surface area contributed by atoms with E-state index >= 15 is 0 Å². The van der Waals surface area contributed by atoms with Crippen LogP contribution in [0.25, 0.3) is 10.9 Å². The Morgan fingerprint density at radius 3 is 2.68 bits per heavy atom. The van der Waals surface area contributed by atoms with Crippen molar-refractivity contribution in [2.45, 2.75) is 0 Å². The van der Waals surface area contributed by atoms with Gasteiger partial charge in [0.15, 0.2) is 0 Å². The molecule has 0 saturated heterocycles. The van der Waals surface area contributed by atoms with Crippen LogP contribution >= 0.6 is 11.6 Å². The lowest BCUT2D eigenvalue weighted by molar-refractivity contribution is 0.355. The predicted octanol–water partition coefficient (Wildman–Crippen LogP) is 5.10. The number of ether oxygens (including phenoxy) is 1. The number of fused-ring (bicyclic) bond motifs is 1. The third-order valence-corrected chi connectivity index (χ3v) is 5.81. The van der Waals surface area contributed by atoms with E-state index in [4.69, 9.17) is 22.1 Å². The number of rotatable bonds is 9. The number of nitrogens with one attached hydrogen (secondary N) is 1. The van der Waals surface area contributed by atoms with Crippen molar-refractivity contribution >= 4 is 46.2 Å². The number of hydrogen-bond acceptors (Lipinski definition) is 7. The monoisotopic (exact) mass is 534 g/mol. The third kappa shape index (κ3) is 7.15. The lowest BCUT2D eigenvalue weighted by Crippen LogP contribution is -2.38. The van der Waals surface area contributed by atoms with Gasteiger partial charge in [-0.2, -0.15) is 5.10 Å². The summed E-state index contributed by atoms with van der Waals surface area (Å²) in [6, 6.07) is 16.7. The normalized spacial score (nSPS) is 11.9. The quantitative estimate of drug-likeness (QED) is 0.175. The molecule has 0 bridgehead atoms. The lowest BCUT2D eigenvalue weighted by atomic mass is 10.1. The Morgan fingerprint density at radius 2 is 1.92 bits per heavy atom. The number of benzene rings is 3. The zero-order valence-corrected chi connectivity index (χ0v) is 22.0. The van der Waals surface area contributed by atoms with Gasteiger partial charge in [-0.05, 0) is 62.1 Å². The fourth-order valence-electron chi connectivity index (χ4n) is 3.41. The average molecular weight is 535 g/mol. The summed E-state index contributed by atoms with van der Waals surface area (Å²) in [5, 5.41) is 12.7. The summed E-state index contributed by atoms with van der Waals surface area (Å²) in [4.78, 5) is 12.7. The summed E-state index contributed by atoms with van der Waals surface area (Å²) >= 11 is 6.43. The molecule has 0 spiro atoms. The molecule has 11 heteroatoms. The second-order valence-electron chi connectivity index (χ2n) is 8.76. The van der Waals surface area contributed by atoms with Crippen molar-refractivity contribution in [3.05, 3.63) is 83.4 Å². The van der Waals surface area contributed by atoms with Crippen LogP contribution in [0.15, 0.2) is 77.2 Å². The van der Waals surface area contributed by atoms with Crippen molar-refractivity contribution in [1.29, 1.82) is 0 Å². The van der Waals surface area contributed by atoms with Crippen molar-refractivity contribution in [2.75, 3.05) is 39.5 Å². The Hall–Kier alpha value is -4.28. The SMILES string of the molecule is CN(C)CCN(C)/C(N)=N\N=Cc1ccc2ncnc(Nc3ccc(Oc4cccc(F)c4)c(Cl)c3)c2c1. The van der Waals surface area contributed by atoms with Crippen LogP contribution in [0.4, 0.5) is 15.9 Å². The topological polar surface area (TPSA) is 104 Å². The Balaban J connectivity index is 1.50. The Labute approximate surface area is 225 Å². The number of aromatic nitrogens is 2. The average Bonchev–Trinajstić information content (AvgIpc) is 2.89. The van der Waals surface area contributed by atoms with Crippen molar-refractivity contribution in [1.82, 2.24) is 19.8 Å². The van der Waals surface area contributed by atoms with Crippen LogP contribution in [0.5, 0.6) is 11.5 Å². The van der Waals surface area contributed by atoms with Gasteiger partial charge in [0.05, 0.1) is 16.8 Å². The molecule has 1 heterocycles. The summed E-state index contributed by atoms with van der Waals surface area (Å²) < 4.78 is 19.2. The minimum absolute atomic E-state index is 0.330. The van der Waals surface area contributed by atoms with Gasteiger partial charge in [0.2, 0.25) is 5.96 Å². The molecule has 1 aromatic heterocycles. The van der Waals surface area contributed by atoms with Crippen LogP contribution < -0.4 is 15.8 Å². The highest BCUT2D eigenvalue weighted by atomic mass is 35.5. The van der Waals surface area contributed by atoms with E-state index in [9.17, 15) is 4.39 Å². The Kier molecular flexibility index (Phi) is 8.67. The van der Waals surface area contributed by atoms with Crippen molar-refractivity contribution < 1.29 is 9.13 Å². The second kappa shape index (κ2) is 12.3. The minimum atomic E-state index is -0.389. The van der Waals surface area contributed by atoms with Gasteiger partial charge < -0.3 is 25.6 Å². The summed E-state index contributed by atoms with van der Waals surface area (Å²) in [5.74, 6) is 1.29. The maximum absolute atomic E-state index is 13.5. The maximum atomic E-state index is 13.5. The van der Waals surface area contributed by atoms with Crippen molar-refractivity contribution in [3.63, 3.8) is 0 Å². The van der Waals surface area contributed by atoms with Crippen molar-refractivity contribution in [2.24, 2.45) is 15.9 Å². The molecule has 3 N–H and O–H groups in total. The third-order valence-electron chi connectivity index (χ3n) is 5.52. The number of guanidine groups is 1. The molecule has 9 nitrogen and oxygen atoms in total. The van der Waals surface area contributed by atoms with Gasteiger partial charge in [-0.15, -0.1) is 5.10 Å². The first kappa shape index (κ1) is 26.8. The number of nitrogens with zero attached hydrogens (tertiary/aromatic N) is 6. The van der Waals surface area contributed by atoms with E-state index < -0.39 is 0 Å². The Bertz CT molecular complexity index is 1480. The molecule has 196 valence electrons. The number of halogens is 2.